The minimum Gasteiger partial charge on any atom is -0.465 e. The Balaban J connectivity index is 4.55. The van der Waals surface area contributed by atoms with Crippen LogP contribution in [-0.4, -0.2) is 36.3 Å². The summed E-state index contributed by atoms with van der Waals surface area (Å²) in [7, 11) is 0. The molecule has 0 saturated heterocycles. The molecule has 0 aromatic heterocycles. The van der Waals surface area contributed by atoms with E-state index in [1.807, 2.05) is 0 Å². The molecule has 0 aromatic carbocycles. The number of carbonyl (C=O) groups excluding carboxylic acids is 3. The summed E-state index contributed by atoms with van der Waals surface area (Å²) in [6.45, 7) is 3.59. The number of halogens is 1. The summed E-state index contributed by atoms with van der Waals surface area (Å²) in [6.07, 6.45) is -0.192. The van der Waals surface area contributed by atoms with E-state index in [0.29, 0.717) is 0 Å². The molecule has 0 N–H and O–H groups in total. The van der Waals surface area contributed by atoms with E-state index in [9.17, 15) is 14.4 Å². The van der Waals surface area contributed by atoms with Gasteiger partial charge >= 0.3 is 11.9 Å². The number of hydrogen-bond donors (Lipinski definition) is 0. The monoisotopic (exact) mass is 294 g/mol. The van der Waals surface area contributed by atoms with Crippen molar-refractivity contribution in [2.24, 2.45) is 5.92 Å². The second-order valence-electron chi connectivity index (χ2n) is 2.93. The molecule has 0 amide bonds. The molecule has 0 spiro atoms. The lowest BCUT2D eigenvalue weighted by Gasteiger charge is -2.12. The van der Waals surface area contributed by atoms with Crippen molar-refractivity contribution in [2.75, 3.05) is 18.5 Å². The second kappa shape index (κ2) is 8.27. The molecule has 0 aliphatic rings. The van der Waals surface area contributed by atoms with Crippen LogP contribution in [0.1, 0.15) is 20.3 Å². The van der Waals surface area contributed by atoms with Crippen molar-refractivity contribution in [2.45, 2.75) is 20.3 Å². The van der Waals surface area contributed by atoms with Gasteiger partial charge in [-0.3, -0.25) is 14.4 Å². The van der Waals surface area contributed by atoms with Crippen LogP contribution in [0.5, 0.6) is 0 Å². The van der Waals surface area contributed by atoms with Gasteiger partial charge in [0.05, 0.1) is 18.5 Å². The van der Waals surface area contributed by atoms with E-state index in [1.54, 1.807) is 13.8 Å². The number of esters is 2. The van der Waals surface area contributed by atoms with Crippen LogP contribution in [0.15, 0.2) is 0 Å². The molecule has 0 atom stereocenters. The molecule has 0 aliphatic heterocycles. The number of ketones is 1. The van der Waals surface area contributed by atoms with E-state index in [1.165, 1.54) is 0 Å². The number of carbonyl (C=O) groups is 3. The zero-order chi connectivity index (χ0) is 12.6. The first kappa shape index (κ1) is 15.1. The van der Waals surface area contributed by atoms with Crippen molar-refractivity contribution >= 4 is 33.7 Å². The van der Waals surface area contributed by atoms with E-state index < -0.39 is 17.9 Å². The Morgan fingerprint density at radius 1 is 1.06 bits per heavy atom. The minimum atomic E-state index is -1.15. The van der Waals surface area contributed by atoms with Crippen LogP contribution in [0.3, 0.4) is 0 Å². The maximum absolute atomic E-state index is 11.4. The maximum atomic E-state index is 11.4. The van der Waals surface area contributed by atoms with Crippen LogP contribution in [0, 0.1) is 5.92 Å². The van der Waals surface area contributed by atoms with Gasteiger partial charge in [0, 0.05) is 6.42 Å². The number of hydrogen-bond acceptors (Lipinski definition) is 5. The highest BCUT2D eigenvalue weighted by Crippen LogP contribution is 2.10. The molecule has 0 rings (SSSR count). The van der Waals surface area contributed by atoms with Gasteiger partial charge in [-0.2, -0.15) is 0 Å². The van der Waals surface area contributed by atoms with Gasteiger partial charge in [0.15, 0.2) is 5.92 Å². The first-order valence-electron chi connectivity index (χ1n) is 4.97. The van der Waals surface area contributed by atoms with E-state index in [0.717, 1.165) is 0 Å². The average molecular weight is 295 g/mol. The lowest BCUT2D eigenvalue weighted by atomic mass is 10.0. The highest BCUT2D eigenvalue weighted by molar-refractivity contribution is 9.09. The summed E-state index contributed by atoms with van der Waals surface area (Å²) < 4.78 is 9.42. The largest absolute Gasteiger partial charge is 0.465 e. The van der Waals surface area contributed by atoms with Gasteiger partial charge < -0.3 is 9.47 Å². The summed E-state index contributed by atoms with van der Waals surface area (Å²) in [5, 5.41) is 0.0995. The molecule has 0 unspecified atom stereocenters. The van der Waals surface area contributed by atoms with Crippen LogP contribution in [0.2, 0.25) is 0 Å². The van der Waals surface area contributed by atoms with Crippen LogP contribution < -0.4 is 0 Å². The highest BCUT2D eigenvalue weighted by Gasteiger charge is 2.31. The quantitative estimate of drug-likeness (QED) is 0.399. The minimum absolute atomic E-state index is 0.0995. The molecule has 0 fully saturated rings. The first-order valence-corrected chi connectivity index (χ1v) is 6.09. The maximum Gasteiger partial charge on any atom is 0.320 e. The van der Waals surface area contributed by atoms with Gasteiger partial charge in [-0.25, -0.2) is 0 Å². The van der Waals surface area contributed by atoms with Crippen LogP contribution in [0.4, 0.5) is 0 Å². The van der Waals surface area contributed by atoms with Crippen molar-refractivity contribution in [3.8, 4) is 0 Å². The van der Waals surface area contributed by atoms with Gasteiger partial charge in [-0.15, -0.1) is 0 Å². The summed E-state index contributed by atoms with van der Waals surface area (Å²) in [4.78, 5) is 34.0. The fourth-order valence-electron chi connectivity index (χ4n) is 1.03. The molecule has 5 nitrogen and oxygen atoms in total. The molecule has 0 heterocycles. The van der Waals surface area contributed by atoms with Crippen molar-refractivity contribution in [3.63, 3.8) is 0 Å². The number of rotatable bonds is 7. The summed E-state index contributed by atoms with van der Waals surface area (Å²) in [5.41, 5.74) is 0. The molecule has 6 heteroatoms. The summed E-state index contributed by atoms with van der Waals surface area (Å²) in [5.74, 6) is -2.82. The lowest BCUT2D eigenvalue weighted by molar-refractivity contribution is -0.162. The van der Waals surface area contributed by atoms with Crippen molar-refractivity contribution in [3.05, 3.63) is 0 Å². The molecular weight excluding hydrogens is 280 g/mol. The Kier molecular flexibility index (Phi) is 7.80. The average Bonchev–Trinajstić information content (AvgIpc) is 2.25. The third-order valence-corrected chi connectivity index (χ3v) is 2.35. The van der Waals surface area contributed by atoms with Crippen LogP contribution in [-0.2, 0) is 23.9 Å². The first-order chi connectivity index (χ1) is 7.56. The second-order valence-corrected chi connectivity index (χ2v) is 3.49. The molecule has 0 saturated carbocycles. The molecule has 0 aromatic rings. The zero-order valence-electron chi connectivity index (χ0n) is 9.32. The van der Waals surface area contributed by atoms with Crippen molar-refractivity contribution in [1.82, 2.24) is 0 Å². The molecule has 0 radical (unpaired) electrons. The topological polar surface area (TPSA) is 69.7 Å². The number of ether oxygens (including phenoxy) is 2. The Morgan fingerprint density at radius 2 is 1.50 bits per heavy atom. The van der Waals surface area contributed by atoms with Crippen molar-refractivity contribution < 1.29 is 23.9 Å². The lowest BCUT2D eigenvalue weighted by Crippen LogP contribution is -2.30. The Bertz CT molecular complexity index is 246. The van der Waals surface area contributed by atoms with Gasteiger partial charge in [0.1, 0.15) is 5.78 Å². The number of Topliss-reactive ketones (excluding diaryl/α,β-unsaturated/α-hetero) is 1. The SMILES string of the molecule is CCOC(=O)C(CC(=O)CBr)C(=O)OCC. The molecule has 0 bridgehead atoms. The van der Waals surface area contributed by atoms with E-state index >= 15 is 0 Å². The van der Waals surface area contributed by atoms with Crippen LogP contribution in [0.25, 0.3) is 0 Å². The summed E-state index contributed by atoms with van der Waals surface area (Å²) >= 11 is 2.97. The molecule has 92 valence electrons. The Morgan fingerprint density at radius 3 is 1.81 bits per heavy atom. The van der Waals surface area contributed by atoms with Gasteiger partial charge in [0.2, 0.25) is 0 Å². The van der Waals surface area contributed by atoms with E-state index in [-0.39, 0.29) is 30.7 Å². The highest BCUT2D eigenvalue weighted by atomic mass is 79.9. The predicted molar refractivity (Wildman–Crippen MR) is 60.2 cm³/mol. The van der Waals surface area contributed by atoms with E-state index in [2.05, 4.69) is 15.9 Å². The van der Waals surface area contributed by atoms with Crippen molar-refractivity contribution in [1.29, 1.82) is 0 Å². The number of alkyl halides is 1. The smallest absolute Gasteiger partial charge is 0.320 e. The molecular formula is C10H15BrO5. The van der Waals surface area contributed by atoms with E-state index in [4.69, 9.17) is 9.47 Å². The molecule has 16 heavy (non-hydrogen) atoms. The summed E-state index contributed by atoms with van der Waals surface area (Å²) in [6, 6.07) is 0. The van der Waals surface area contributed by atoms with Gasteiger partial charge in [-0.1, -0.05) is 15.9 Å². The zero-order valence-corrected chi connectivity index (χ0v) is 10.9. The Hall–Kier alpha value is -0.910. The molecule has 0 aliphatic carbocycles. The van der Waals surface area contributed by atoms with Gasteiger partial charge in [-0.05, 0) is 13.8 Å². The fraction of sp³-hybridized carbons (Fsp3) is 0.700. The third kappa shape index (κ3) is 5.25. The predicted octanol–water partition coefficient (Wildman–Crippen LogP) is 1.08. The Labute approximate surface area is 103 Å². The fourth-order valence-corrected chi connectivity index (χ4v) is 1.26. The van der Waals surface area contributed by atoms with Crippen LogP contribution >= 0.6 is 15.9 Å². The third-order valence-electron chi connectivity index (χ3n) is 1.72. The standard InChI is InChI=1S/C10H15BrO5/c1-3-15-9(13)8(5-7(12)6-11)10(14)16-4-2/h8H,3-6H2,1-2H3. The normalized spacial score (nSPS) is 10.0. The van der Waals surface area contributed by atoms with Gasteiger partial charge in [0.25, 0.3) is 0 Å².